The SMILES string of the molecule is Cc1cc(C(=O)N2CCC(C)CC2)nc(N2CCCCCC2)n1. The second-order valence-electron chi connectivity index (χ2n) is 7.07. The van der Waals surface area contributed by atoms with Crippen LogP contribution in [0.2, 0.25) is 0 Å². The first-order chi connectivity index (χ1) is 11.1. The molecule has 0 saturated carbocycles. The van der Waals surface area contributed by atoms with E-state index in [1.807, 2.05) is 17.9 Å². The minimum Gasteiger partial charge on any atom is -0.341 e. The van der Waals surface area contributed by atoms with Gasteiger partial charge in [-0.05, 0) is 44.6 Å². The molecule has 3 heterocycles. The van der Waals surface area contributed by atoms with Crippen LogP contribution in [0.5, 0.6) is 0 Å². The Hall–Kier alpha value is -1.65. The molecule has 0 atom stereocenters. The zero-order valence-corrected chi connectivity index (χ0v) is 14.4. The van der Waals surface area contributed by atoms with Crippen LogP contribution < -0.4 is 4.90 Å². The average Bonchev–Trinajstić information content (AvgIpc) is 2.83. The van der Waals surface area contributed by atoms with Gasteiger partial charge < -0.3 is 9.80 Å². The maximum Gasteiger partial charge on any atom is 0.272 e. The van der Waals surface area contributed by atoms with Gasteiger partial charge >= 0.3 is 0 Å². The monoisotopic (exact) mass is 316 g/mol. The maximum absolute atomic E-state index is 12.8. The highest BCUT2D eigenvalue weighted by molar-refractivity contribution is 5.92. The summed E-state index contributed by atoms with van der Waals surface area (Å²) in [7, 11) is 0. The third kappa shape index (κ3) is 4.01. The number of aromatic nitrogens is 2. The third-order valence-electron chi connectivity index (χ3n) is 5.02. The van der Waals surface area contributed by atoms with E-state index in [4.69, 9.17) is 0 Å². The van der Waals surface area contributed by atoms with Crippen molar-refractivity contribution in [2.45, 2.75) is 52.4 Å². The summed E-state index contributed by atoms with van der Waals surface area (Å²) in [4.78, 5) is 26.2. The number of hydrogen-bond donors (Lipinski definition) is 0. The van der Waals surface area contributed by atoms with Crippen LogP contribution in [0, 0.1) is 12.8 Å². The van der Waals surface area contributed by atoms with E-state index in [0.717, 1.165) is 56.6 Å². The molecule has 2 aliphatic heterocycles. The van der Waals surface area contributed by atoms with Gasteiger partial charge in [0.2, 0.25) is 5.95 Å². The summed E-state index contributed by atoms with van der Waals surface area (Å²) < 4.78 is 0. The molecular formula is C18H28N4O. The van der Waals surface area contributed by atoms with Crippen LogP contribution in [0.25, 0.3) is 0 Å². The van der Waals surface area contributed by atoms with Crippen molar-refractivity contribution in [3.05, 3.63) is 17.5 Å². The van der Waals surface area contributed by atoms with E-state index >= 15 is 0 Å². The summed E-state index contributed by atoms with van der Waals surface area (Å²) in [6, 6.07) is 1.84. The summed E-state index contributed by atoms with van der Waals surface area (Å²) in [6.07, 6.45) is 7.11. The van der Waals surface area contributed by atoms with Crippen LogP contribution >= 0.6 is 0 Å². The number of rotatable bonds is 2. The molecule has 0 N–H and O–H groups in total. The number of amides is 1. The topological polar surface area (TPSA) is 49.3 Å². The zero-order valence-electron chi connectivity index (χ0n) is 14.4. The minimum absolute atomic E-state index is 0.0680. The lowest BCUT2D eigenvalue weighted by atomic mass is 9.99. The Bertz CT molecular complexity index is 544. The summed E-state index contributed by atoms with van der Waals surface area (Å²) >= 11 is 0. The summed E-state index contributed by atoms with van der Waals surface area (Å²) in [5.74, 6) is 1.53. The number of anilines is 1. The lowest BCUT2D eigenvalue weighted by Gasteiger charge is -2.30. The van der Waals surface area contributed by atoms with Gasteiger partial charge in [-0.2, -0.15) is 0 Å². The fourth-order valence-corrected chi connectivity index (χ4v) is 3.45. The smallest absolute Gasteiger partial charge is 0.272 e. The van der Waals surface area contributed by atoms with E-state index in [1.54, 1.807) is 0 Å². The average molecular weight is 316 g/mol. The van der Waals surface area contributed by atoms with Gasteiger partial charge in [-0.1, -0.05) is 19.8 Å². The zero-order chi connectivity index (χ0) is 16.2. The van der Waals surface area contributed by atoms with E-state index in [1.165, 1.54) is 25.7 Å². The van der Waals surface area contributed by atoms with E-state index < -0.39 is 0 Å². The van der Waals surface area contributed by atoms with Crippen LogP contribution in [0.3, 0.4) is 0 Å². The highest BCUT2D eigenvalue weighted by atomic mass is 16.2. The molecular weight excluding hydrogens is 288 g/mol. The van der Waals surface area contributed by atoms with Gasteiger partial charge in [0.25, 0.3) is 5.91 Å². The molecule has 126 valence electrons. The molecule has 2 saturated heterocycles. The first-order valence-corrected chi connectivity index (χ1v) is 9.03. The predicted molar refractivity (Wildman–Crippen MR) is 91.8 cm³/mol. The van der Waals surface area contributed by atoms with Gasteiger partial charge in [0, 0.05) is 31.9 Å². The quantitative estimate of drug-likeness (QED) is 0.841. The van der Waals surface area contributed by atoms with Gasteiger partial charge in [-0.15, -0.1) is 0 Å². The second-order valence-corrected chi connectivity index (χ2v) is 7.07. The largest absolute Gasteiger partial charge is 0.341 e. The standard InChI is InChI=1S/C18H28N4O/c1-14-7-11-21(12-8-14)17(23)16-13-15(2)19-18(20-16)22-9-5-3-4-6-10-22/h13-14H,3-12H2,1-2H3. The summed E-state index contributed by atoms with van der Waals surface area (Å²) in [5.41, 5.74) is 1.44. The van der Waals surface area contributed by atoms with Crippen LogP contribution in [0.4, 0.5) is 5.95 Å². The highest BCUT2D eigenvalue weighted by Gasteiger charge is 2.24. The van der Waals surface area contributed by atoms with Crippen molar-refractivity contribution in [1.29, 1.82) is 0 Å². The number of carbonyl (C=O) groups excluding carboxylic acids is 1. The van der Waals surface area contributed by atoms with Gasteiger partial charge in [-0.25, -0.2) is 9.97 Å². The maximum atomic E-state index is 12.8. The summed E-state index contributed by atoms with van der Waals surface area (Å²) in [6.45, 7) is 7.91. The Morgan fingerprint density at radius 2 is 1.70 bits per heavy atom. The number of likely N-dealkylation sites (tertiary alicyclic amines) is 1. The molecule has 5 nitrogen and oxygen atoms in total. The van der Waals surface area contributed by atoms with Crippen molar-refractivity contribution in [1.82, 2.24) is 14.9 Å². The lowest BCUT2D eigenvalue weighted by molar-refractivity contribution is 0.0691. The number of hydrogen-bond acceptors (Lipinski definition) is 4. The first-order valence-electron chi connectivity index (χ1n) is 9.03. The third-order valence-corrected chi connectivity index (χ3v) is 5.02. The van der Waals surface area contributed by atoms with E-state index in [9.17, 15) is 4.79 Å². The van der Waals surface area contributed by atoms with Crippen LogP contribution in [-0.4, -0.2) is 47.0 Å². The van der Waals surface area contributed by atoms with Gasteiger partial charge in [-0.3, -0.25) is 4.79 Å². The van der Waals surface area contributed by atoms with Gasteiger partial charge in [0.15, 0.2) is 0 Å². The normalized spacial score (nSPS) is 20.4. The Balaban J connectivity index is 1.78. The van der Waals surface area contributed by atoms with E-state index in [2.05, 4.69) is 21.8 Å². The number of piperidine rings is 1. The second kappa shape index (κ2) is 7.28. The van der Waals surface area contributed by atoms with Gasteiger partial charge in [0.05, 0.1) is 0 Å². The predicted octanol–water partition coefficient (Wildman–Crippen LogP) is 3.04. The summed E-state index contributed by atoms with van der Waals surface area (Å²) in [5, 5.41) is 0. The Morgan fingerprint density at radius 3 is 2.35 bits per heavy atom. The highest BCUT2D eigenvalue weighted by Crippen LogP contribution is 2.20. The van der Waals surface area contributed by atoms with Gasteiger partial charge in [0.1, 0.15) is 5.69 Å². The van der Waals surface area contributed by atoms with E-state index in [0.29, 0.717) is 5.69 Å². The fourth-order valence-electron chi connectivity index (χ4n) is 3.45. The molecule has 3 rings (SSSR count). The number of aryl methyl sites for hydroxylation is 1. The number of nitrogens with zero attached hydrogens (tertiary/aromatic N) is 4. The van der Waals surface area contributed by atoms with Crippen LogP contribution in [-0.2, 0) is 0 Å². The molecule has 1 amide bonds. The molecule has 2 fully saturated rings. The molecule has 1 aromatic heterocycles. The van der Waals surface area contributed by atoms with Crippen molar-refractivity contribution in [3.63, 3.8) is 0 Å². The molecule has 23 heavy (non-hydrogen) atoms. The molecule has 2 aliphatic rings. The molecule has 0 aliphatic carbocycles. The fraction of sp³-hybridized carbons (Fsp3) is 0.722. The molecule has 0 aromatic carbocycles. The molecule has 5 heteroatoms. The molecule has 0 spiro atoms. The molecule has 0 radical (unpaired) electrons. The van der Waals surface area contributed by atoms with Crippen molar-refractivity contribution in [3.8, 4) is 0 Å². The molecule has 0 unspecified atom stereocenters. The first kappa shape index (κ1) is 16.2. The Kier molecular flexibility index (Phi) is 5.13. The van der Waals surface area contributed by atoms with Crippen molar-refractivity contribution >= 4 is 11.9 Å². The molecule has 0 bridgehead atoms. The van der Waals surface area contributed by atoms with Crippen molar-refractivity contribution in [2.75, 3.05) is 31.1 Å². The molecule has 1 aromatic rings. The van der Waals surface area contributed by atoms with Crippen molar-refractivity contribution < 1.29 is 4.79 Å². The van der Waals surface area contributed by atoms with Crippen LogP contribution in [0.15, 0.2) is 6.07 Å². The van der Waals surface area contributed by atoms with Crippen molar-refractivity contribution in [2.24, 2.45) is 5.92 Å². The van der Waals surface area contributed by atoms with Crippen LogP contribution in [0.1, 0.15) is 61.6 Å². The number of carbonyl (C=O) groups is 1. The van der Waals surface area contributed by atoms with E-state index in [-0.39, 0.29) is 5.91 Å². The Morgan fingerprint density at radius 1 is 1.04 bits per heavy atom. The Labute approximate surface area is 139 Å². The minimum atomic E-state index is 0.0680. The lowest BCUT2D eigenvalue weighted by Crippen LogP contribution is -2.38.